The molecule has 1 saturated heterocycles. The molecule has 28 heavy (non-hydrogen) atoms. The quantitative estimate of drug-likeness (QED) is 0.707. The number of morpholine rings is 1. The molecule has 4 rings (SSSR count). The highest BCUT2D eigenvalue weighted by Crippen LogP contribution is 2.25. The van der Waals surface area contributed by atoms with E-state index in [1.54, 1.807) is 0 Å². The molecule has 0 spiro atoms. The molecule has 1 fully saturated rings. The van der Waals surface area contributed by atoms with Gasteiger partial charge in [0, 0.05) is 24.8 Å². The number of benzene rings is 1. The summed E-state index contributed by atoms with van der Waals surface area (Å²) in [6.45, 7) is 2.25. The second kappa shape index (κ2) is 7.60. The Kier molecular flexibility index (Phi) is 5.01. The Morgan fingerprint density at radius 3 is 2.79 bits per heavy atom. The molecule has 0 aliphatic carbocycles. The molecule has 1 amide bonds. The fourth-order valence-corrected chi connectivity index (χ4v) is 3.79. The van der Waals surface area contributed by atoms with Crippen LogP contribution in [0.5, 0.6) is 0 Å². The van der Waals surface area contributed by atoms with E-state index in [2.05, 4.69) is 15.3 Å². The predicted molar refractivity (Wildman–Crippen MR) is 99.7 cm³/mol. The van der Waals surface area contributed by atoms with Gasteiger partial charge in [0.1, 0.15) is 17.6 Å². The van der Waals surface area contributed by atoms with E-state index in [9.17, 15) is 18.4 Å². The molecule has 0 saturated carbocycles. The first-order valence-corrected chi connectivity index (χ1v) is 9.26. The van der Waals surface area contributed by atoms with Crippen LogP contribution in [-0.4, -0.2) is 46.7 Å². The molecule has 0 bridgehead atoms. The summed E-state index contributed by atoms with van der Waals surface area (Å²) in [5, 5.41) is 3.11. The van der Waals surface area contributed by atoms with E-state index >= 15 is 0 Å². The fraction of sp³-hybridized carbons (Fsp3) is 0.294. The van der Waals surface area contributed by atoms with Crippen LogP contribution < -0.4 is 15.8 Å². The summed E-state index contributed by atoms with van der Waals surface area (Å²) in [7, 11) is 0. The molecule has 8 nitrogen and oxygen atoms in total. The van der Waals surface area contributed by atoms with Crippen molar-refractivity contribution in [2.75, 3.05) is 36.5 Å². The van der Waals surface area contributed by atoms with Crippen LogP contribution in [0.2, 0.25) is 0 Å². The van der Waals surface area contributed by atoms with Gasteiger partial charge in [-0.25, -0.2) is 13.8 Å². The van der Waals surface area contributed by atoms with Crippen molar-refractivity contribution in [1.29, 1.82) is 0 Å². The average Bonchev–Trinajstić information content (AvgIpc) is 3.13. The SMILES string of the molecule is O=C(Cn1cnc2nc(N3CCOCC3)sc2c1=O)Nc1ccc(F)c(F)c1. The standard InChI is InChI=1S/C17H15F2N5O3S/c18-11-2-1-10(7-12(11)19)21-13(25)8-24-9-20-15-14(16(24)26)28-17(22-15)23-3-5-27-6-4-23/h1-2,7,9H,3-6,8H2,(H,21,25). The van der Waals surface area contributed by atoms with Crippen molar-refractivity contribution < 1.29 is 18.3 Å². The number of aromatic nitrogens is 3. The van der Waals surface area contributed by atoms with Crippen LogP contribution in [0.25, 0.3) is 10.3 Å². The van der Waals surface area contributed by atoms with Gasteiger partial charge in [0.05, 0.1) is 13.2 Å². The zero-order valence-corrected chi connectivity index (χ0v) is 15.3. The molecular formula is C17H15F2N5O3S. The zero-order chi connectivity index (χ0) is 19.7. The lowest BCUT2D eigenvalue weighted by Crippen LogP contribution is -2.36. The minimum atomic E-state index is -1.07. The maximum Gasteiger partial charge on any atom is 0.273 e. The minimum Gasteiger partial charge on any atom is -0.378 e. The van der Waals surface area contributed by atoms with Crippen LogP contribution >= 0.6 is 11.3 Å². The van der Waals surface area contributed by atoms with Gasteiger partial charge in [-0.1, -0.05) is 11.3 Å². The second-order valence-electron chi connectivity index (χ2n) is 6.10. The third-order valence-electron chi connectivity index (χ3n) is 4.17. The maximum atomic E-state index is 13.2. The maximum absolute atomic E-state index is 13.2. The molecule has 0 unspecified atom stereocenters. The highest BCUT2D eigenvalue weighted by atomic mass is 32.1. The third kappa shape index (κ3) is 3.71. The lowest BCUT2D eigenvalue weighted by molar-refractivity contribution is -0.116. The molecule has 2 aromatic heterocycles. The van der Waals surface area contributed by atoms with Crippen LogP contribution in [0.3, 0.4) is 0 Å². The Balaban J connectivity index is 1.53. The summed E-state index contributed by atoms with van der Waals surface area (Å²) < 4.78 is 33.0. The second-order valence-corrected chi connectivity index (χ2v) is 7.08. The largest absolute Gasteiger partial charge is 0.378 e. The molecule has 3 heterocycles. The van der Waals surface area contributed by atoms with E-state index < -0.39 is 17.5 Å². The minimum absolute atomic E-state index is 0.0957. The lowest BCUT2D eigenvalue weighted by Gasteiger charge is -2.25. The first-order valence-electron chi connectivity index (χ1n) is 8.45. The fourth-order valence-electron chi connectivity index (χ4n) is 2.77. The van der Waals surface area contributed by atoms with Gasteiger partial charge in [-0.3, -0.25) is 14.2 Å². The lowest BCUT2D eigenvalue weighted by atomic mass is 10.3. The smallest absolute Gasteiger partial charge is 0.273 e. The number of carbonyl (C=O) groups excluding carboxylic acids is 1. The normalized spacial score (nSPS) is 14.4. The highest BCUT2D eigenvalue weighted by molar-refractivity contribution is 7.22. The molecule has 1 aliphatic heterocycles. The van der Waals surface area contributed by atoms with Crippen molar-refractivity contribution in [2.45, 2.75) is 6.54 Å². The summed E-state index contributed by atoms with van der Waals surface area (Å²) in [4.78, 5) is 35.4. The Hall–Kier alpha value is -2.92. The number of amides is 1. The van der Waals surface area contributed by atoms with Gasteiger partial charge in [0.15, 0.2) is 22.4 Å². The molecule has 1 aliphatic rings. The van der Waals surface area contributed by atoms with Gasteiger partial charge >= 0.3 is 0 Å². The Labute approximate surface area is 161 Å². The third-order valence-corrected chi connectivity index (χ3v) is 5.26. The van der Waals surface area contributed by atoms with Crippen LogP contribution in [0.1, 0.15) is 0 Å². The Morgan fingerprint density at radius 1 is 1.25 bits per heavy atom. The number of hydrogen-bond donors (Lipinski definition) is 1. The highest BCUT2D eigenvalue weighted by Gasteiger charge is 2.18. The van der Waals surface area contributed by atoms with Crippen molar-refractivity contribution >= 4 is 38.4 Å². The van der Waals surface area contributed by atoms with E-state index in [1.807, 2.05) is 4.90 Å². The number of nitrogens with zero attached hydrogens (tertiary/aromatic N) is 4. The van der Waals surface area contributed by atoms with Gasteiger partial charge < -0.3 is 15.0 Å². The predicted octanol–water partition coefficient (Wildman–Crippen LogP) is 1.61. The number of rotatable bonds is 4. The van der Waals surface area contributed by atoms with E-state index in [4.69, 9.17) is 4.74 Å². The van der Waals surface area contributed by atoms with Crippen molar-refractivity contribution in [1.82, 2.24) is 14.5 Å². The van der Waals surface area contributed by atoms with E-state index in [1.165, 1.54) is 23.7 Å². The first-order chi connectivity index (χ1) is 13.5. The molecule has 146 valence electrons. The summed E-state index contributed by atoms with van der Waals surface area (Å²) in [6, 6.07) is 3.02. The van der Waals surface area contributed by atoms with Crippen LogP contribution in [0.4, 0.5) is 19.6 Å². The number of carbonyl (C=O) groups is 1. The number of halogens is 2. The first kappa shape index (κ1) is 18.4. The van der Waals surface area contributed by atoms with Gasteiger partial charge in [-0.2, -0.15) is 4.98 Å². The average molecular weight is 407 g/mol. The number of nitrogens with one attached hydrogen (secondary N) is 1. The zero-order valence-electron chi connectivity index (χ0n) is 14.5. The molecule has 1 N–H and O–H groups in total. The summed E-state index contributed by atoms with van der Waals surface area (Å²) in [5.74, 6) is -2.64. The summed E-state index contributed by atoms with van der Waals surface area (Å²) in [6.07, 6.45) is 1.25. The number of fused-ring (bicyclic) bond motifs is 1. The van der Waals surface area contributed by atoms with E-state index in [0.717, 1.165) is 16.7 Å². The number of ether oxygens (including phenoxy) is 1. The summed E-state index contributed by atoms with van der Waals surface area (Å²) >= 11 is 1.22. The van der Waals surface area contributed by atoms with Gasteiger partial charge in [0.25, 0.3) is 5.56 Å². The van der Waals surface area contributed by atoms with Crippen molar-refractivity contribution in [3.8, 4) is 0 Å². The van der Waals surface area contributed by atoms with Crippen LogP contribution in [-0.2, 0) is 16.1 Å². The number of anilines is 2. The van der Waals surface area contributed by atoms with Crippen molar-refractivity contribution in [3.05, 3.63) is 46.5 Å². The molecule has 3 aromatic rings. The Bertz CT molecular complexity index is 1090. The molecule has 0 atom stereocenters. The van der Waals surface area contributed by atoms with Gasteiger partial charge in [-0.15, -0.1) is 0 Å². The van der Waals surface area contributed by atoms with Gasteiger partial charge in [-0.05, 0) is 12.1 Å². The van der Waals surface area contributed by atoms with Gasteiger partial charge in [0.2, 0.25) is 5.91 Å². The summed E-state index contributed by atoms with van der Waals surface area (Å²) in [5.41, 5.74) is 0.0366. The van der Waals surface area contributed by atoms with E-state index in [0.29, 0.717) is 41.8 Å². The number of hydrogen-bond acceptors (Lipinski definition) is 7. The van der Waals surface area contributed by atoms with Crippen LogP contribution in [0.15, 0.2) is 29.3 Å². The topological polar surface area (TPSA) is 89.3 Å². The van der Waals surface area contributed by atoms with E-state index in [-0.39, 0.29) is 17.8 Å². The van der Waals surface area contributed by atoms with Crippen molar-refractivity contribution in [3.63, 3.8) is 0 Å². The Morgan fingerprint density at radius 2 is 2.04 bits per heavy atom. The molecule has 11 heteroatoms. The molecule has 0 radical (unpaired) electrons. The van der Waals surface area contributed by atoms with Crippen molar-refractivity contribution in [2.24, 2.45) is 0 Å². The molecular weight excluding hydrogens is 392 g/mol. The number of thiazole rings is 1. The van der Waals surface area contributed by atoms with Crippen LogP contribution in [0, 0.1) is 11.6 Å². The monoisotopic (exact) mass is 407 g/mol. The molecule has 1 aromatic carbocycles.